The summed E-state index contributed by atoms with van der Waals surface area (Å²) in [4.78, 5) is 32.4. The minimum absolute atomic E-state index is 0.0609. The molecule has 0 radical (unpaired) electrons. The van der Waals surface area contributed by atoms with Gasteiger partial charge in [0.25, 0.3) is 5.78 Å². The van der Waals surface area contributed by atoms with Crippen molar-refractivity contribution in [3.63, 3.8) is 0 Å². The van der Waals surface area contributed by atoms with Gasteiger partial charge in [-0.25, -0.2) is 4.98 Å². The van der Waals surface area contributed by atoms with Crippen molar-refractivity contribution < 1.29 is 28.9 Å². The highest BCUT2D eigenvalue weighted by Gasteiger charge is 2.47. The van der Waals surface area contributed by atoms with Gasteiger partial charge >= 0.3 is 5.91 Å². The minimum atomic E-state index is -0.947. The van der Waals surface area contributed by atoms with Crippen LogP contribution in [0.1, 0.15) is 17.2 Å². The molecule has 1 saturated heterocycles. The maximum Gasteiger partial charge on any atom is 0.301 e. The van der Waals surface area contributed by atoms with Crippen LogP contribution in [0, 0.1) is 0 Å². The van der Waals surface area contributed by atoms with E-state index in [2.05, 4.69) is 4.98 Å². The first-order chi connectivity index (χ1) is 18.6. The van der Waals surface area contributed by atoms with Crippen molar-refractivity contribution in [2.45, 2.75) is 6.04 Å². The summed E-state index contributed by atoms with van der Waals surface area (Å²) in [5, 5.41) is 11.4. The summed E-state index contributed by atoms with van der Waals surface area (Å²) < 4.78 is 17.2. The number of fused-ring (bicyclic) bond motifs is 1. The third kappa shape index (κ3) is 4.22. The number of carbonyl (C=O) groups excluding carboxylic acids is 2. The van der Waals surface area contributed by atoms with E-state index in [1.165, 1.54) is 4.90 Å². The lowest BCUT2D eigenvalue weighted by Crippen LogP contribution is -2.30. The Morgan fingerprint density at radius 2 is 1.61 bits per heavy atom. The summed E-state index contributed by atoms with van der Waals surface area (Å²) in [6, 6.07) is 25.4. The topological polar surface area (TPSA) is 98.2 Å². The number of rotatable bonds is 5. The lowest BCUT2D eigenvalue weighted by molar-refractivity contribution is -0.132. The molecule has 6 rings (SSSR count). The molecule has 1 amide bonds. The molecule has 2 aliphatic rings. The van der Waals surface area contributed by atoms with Crippen molar-refractivity contribution in [1.29, 1.82) is 0 Å². The molecule has 1 unspecified atom stereocenters. The number of aromatic nitrogens is 1. The van der Waals surface area contributed by atoms with E-state index in [-0.39, 0.29) is 17.2 Å². The van der Waals surface area contributed by atoms with Crippen molar-refractivity contribution in [2.75, 3.05) is 18.1 Å². The van der Waals surface area contributed by atoms with E-state index in [1.54, 1.807) is 66.9 Å². The molecule has 1 atom stereocenters. The second kappa shape index (κ2) is 9.74. The number of ketones is 1. The number of hydrogen-bond donors (Lipinski definition) is 1. The predicted octanol–water partition coefficient (Wildman–Crippen LogP) is 5.27. The molecule has 3 heterocycles. The van der Waals surface area contributed by atoms with Crippen molar-refractivity contribution >= 4 is 23.3 Å². The molecule has 4 aromatic rings. The van der Waals surface area contributed by atoms with E-state index >= 15 is 0 Å². The molecule has 3 aromatic carbocycles. The van der Waals surface area contributed by atoms with E-state index in [0.29, 0.717) is 47.3 Å². The number of benzene rings is 3. The normalized spacial score (nSPS) is 17.9. The van der Waals surface area contributed by atoms with Crippen LogP contribution < -0.4 is 19.1 Å². The van der Waals surface area contributed by atoms with Crippen LogP contribution in [-0.4, -0.2) is 35.0 Å². The third-order valence-electron chi connectivity index (χ3n) is 6.31. The van der Waals surface area contributed by atoms with Crippen molar-refractivity contribution in [3.05, 3.63) is 114 Å². The Balaban J connectivity index is 1.49. The van der Waals surface area contributed by atoms with Crippen LogP contribution >= 0.6 is 0 Å². The van der Waals surface area contributed by atoms with Crippen molar-refractivity contribution in [1.82, 2.24) is 4.98 Å². The number of para-hydroxylation sites is 1. The Hall–Kier alpha value is -5.11. The fraction of sp³-hybridized carbons (Fsp3) is 0.100. The molecular formula is C30H22N2O6. The molecule has 1 aromatic heterocycles. The quantitative estimate of drug-likeness (QED) is 0.224. The number of ether oxygens (including phenoxy) is 3. The molecule has 1 fully saturated rings. The monoisotopic (exact) mass is 506 g/mol. The van der Waals surface area contributed by atoms with Gasteiger partial charge in [0.2, 0.25) is 0 Å². The van der Waals surface area contributed by atoms with Gasteiger partial charge in [-0.05, 0) is 60.2 Å². The van der Waals surface area contributed by atoms with Crippen LogP contribution in [0.5, 0.6) is 23.0 Å². The number of Topliss-reactive ketones (excluding diaryl/α,β-unsaturated/α-hetero) is 1. The van der Waals surface area contributed by atoms with Gasteiger partial charge in [0.1, 0.15) is 36.3 Å². The molecule has 188 valence electrons. The second-order valence-electron chi connectivity index (χ2n) is 8.70. The van der Waals surface area contributed by atoms with Crippen LogP contribution in [0.25, 0.3) is 5.76 Å². The Labute approximate surface area is 218 Å². The first kappa shape index (κ1) is 23.3. The highest BCUT2D eigenvalue weighted by molar-refractivity contribution is 6.51. The number of nitrogens with zero attached hydrogens (tertiary/aromatic N) is 2. The Kier molecular flexibility index (Phi) is 5.97. The molecule has 2 aliphatic heterocycles. The predicted molar refractivity (Wildman–Crippen MR) is 139 cm³/mol. The maximum absolute atomic E-state index is 13.4. The summed E-state index contributed by atoms with van der Waals surface area (Å²) >= 11 is 0. The molecule has 0 spiro atoms. The van der Waals surface area contributed by atoms with E-state index in [1.807, 2.05) is 30.3 Å². The van der Waals surface area contributed by atoms with Gasteiger partial charge in [0, 0.05) is 11.8 Å². The smallest absolute Gasteiger partial charge is 0.301 e. The Bertz CT molecular complexity index is 1550. The van der Waals surface area contributed by atoms with Gasteiger partial charge in [-0.1, -0.05) is 36.4 Å². The fourth-order valence-corrected chi connectivity index (χ4v) is 4.60. The SMILES string of the molecule is O=C1C(=O)N(c2ccccn2)C(c2cccc(Oc3ccccc3)c2)C1=C(O)c1ccc2c(c1)OCCO2. The summed E-state index contributed by atoms with van der Waals surface area (Å²) in [5.41, 5.74) is 0.839. The largest absolute Gasteiger partial charge is 0.507 e. The summed E-state index contributed by atoms with van der Waals surface area (Å²) in [6.07, 6.45) is 1.54. The Morgan fingerprint density at radius 3 is 2.39 bits per heavy atom. The molecule has 0 bridgehead atoms. The van der Waals surface area contributed by atoms with Crippen molar-refractivity contribution in [2.24, 2.45) is 0 Å². The van der Waals surface area contributed by atoms with Gasteiger partial charge in [0.15, 0.2) is 11.5 Å². The van der Waals surface area contributed by atoms with Crippen molar-refractivity contribution in [3.8, 4) is 23.0 Å². The zero-order valence-electron chi connectivity index (χ0n) is 20.1. The van der Waals surface area contributed by atoms with E-state index in [0.717, 1.165) is 0 Å². The molecule has 0 saturated carbocycles. The van der Waals surface area contributed by atoms with E-state index in [9.17, 15) is 14.7 Å². The molecule has 38 heavy (non-hydrogen) atoms. The average Bonchev–Trinajstić information content (AvgIpc) is 3.23. The number of anilines is 1. The third-order valence-corrected chi connectivity index (χ3v) is 6.31. The number of hydrogen-bond acceptors (Lipinski definition) is 7. The van der Waals surface area contributed by atoms with Gasteiger partial charge in [0.05, 0.1) is 11.6 Å². The molecule has 1 N–H and O–H groups in total. The van der Waals surface area contributed by atoms with E-state index < -0.39 is 17.7 Å². The number of carbonyl (C=O) groups is 2. The highest BCUT2D eigenvalue weighted by atomic mass is 16.6. The minimum Gasteiger partial charge on any atom is -0.507 e. The number of aliphatic hydroxyl groups excluding tert-OH is 1. The average molecular weight is 507 g/mol. The number of pyridine rings is 1. The summed E-state index contributed by atoms with van der Waals surface area (Å²) in [7, 11) is 0. The van der Waals surface area contributed by atoms with Crippen LogP contribution in [-0.2, 0) is 9.59 Å². The maximum atomic E-state index is 13.4. The second-order valence-corrected chi connectivity index (χ2v) is 8.70. The summed E-state index contributed by atoms with van der Waals surface area (Å²) in [5.74, 6) is 0.510. The molecule has 8 heteroatoms. The summed E-state index contributed by atoms with van der Waals surface area (Å²) in [6.45, 7) is 0.796. The first-order valence-electron chi connectivity index (χ1n) is 12.0. The fourth-order valence-electron chi connectivity index (χ4n) is 4.60. The molecule has 8 nitrogen and oxygen atoms in total. The van der Waals surface area contributed by atoms with Gasteiger partial charge in [-0.2, -0.15) is 0 Å². The molecular weight excluding hydrogens is 484 g/mol. The standard InChI is InChI=1S/C30H22N2O6/c33-28(20-12-13-23-24(18-20)37-16-15-36-23)26-27(32(30(35)29(26)34)25-11-4-5-14-31-25)19-7-6-10-22(17-19)38-21-8-2-1-3-9-21/h1-14,17-18,27,33H,15-16H2. The first-order valence-corrected chi connectivity index (χ1v) is 12.0. The zero-order valence-corrected chi connectivity index (χ0v) is 20.1. The van der Waals surface area contributed by atoms with Gasteiger partial charge < -0.3 is 19.3 Å². The number of aliphatic hydroxyl groups is 1. The zero-order chi connectivity index (χ0) is 26.1. The van der Waals surface area contributed by atoms with E-state index in [4.69, 9.17) is 14.2 Å². The highest BCUT2D eigenvalue weighted by Crippen LogP contribution is 2.43. The van der Waals surface area contributed by atoms with Gasteiger partial charge in [-0.3, -0.25) is 14.5 Å². The van der Waals surface area contributed by atoms with Gasteiger partial charge in [-0.15, -0.1) is 0 Å². The number of amides is 1. The lowest BCUT2D eigenvalue weighted by atomic mass is 9.95. The van der Waals surface area contributed by atoms with Crippen LogP contribution in [0.15, 0.2) is 103 Å². The van der Waals surface area contributed by atoms with Crippen LogP contribution in [0.4, 0.5) is 5.82 Å². The van der Waals surface area contributed by atoms with Crippen LogP contribution in [0.3, 0.4) is 0 Å². The van der Waals surface area contributed by atoms with Crippen LogP contribution in [0.2, 0.25) is 0 Å². The molecule has 0 aliphatic carbocycles. The Morgan fingerprint density at radius 1 is 0.842 bits per heavy atom. The lowest BCUT2D eigenvalue weighted by Gasteiger charge is -2.25.